The molecule has 0 radical (unpaired) electrons. The van der Waals surface area contributed by atoms with Gasteiger partial charge in [-0.2, -0.15) is 0 Å². The fourth-order valence-corrected chi connectivity index (χ4v) is 3.78. The van der Waals surface area contributed by atoms with Crippen molar-refractivity contribution >= 4 is 6.03 Å². The predicted molar refractivity (Wildman–Crippen MR) is 95.4 cm³/mol. The smallest absolute Gasteiger partial charge is 0.317 e. The van der Waals surface area contributed by atoms with E-state index >= 15 is 0 Å². The van der Waals surface area contributed by atoms with E-state index in [-0.39, 0.29) is 17.6 Å². The third-order valence-corrected chi connectivity index (χ3v) is 5.19. The number of urea groups is 1. The molecule has 138 valence electrons. The van der Waals surface area contributed by atoms with Gasteiger partial charge in [-0.25, -0.2) is 9.18 Å². The van der Waals surface area contributed by atoms with Gasteiger partial charge >= 0.3 is 6.03 Å². The Morgan fingerprint density at radius 3 is 2.88 bits per heavy atom. The maximum Gasteiger partial charge on any atom is 0.317 e. The van der Waals surface area contributed by atoms with E-state index in [1.165, 1.54) is 39.1 Å². The first-order chi connectivity index (χ1) is 12.2. The second-order valence-corrected chi connectivity index (χ2v) is 7.06. The molecule has 2 heterocycles. The molecule has 2 saturated heterocycles. The molecule has 2 aliphatic heterocycles. The van der Waals surface area contributed by atoms with Crippen LogP contribution in [0.25, 0.3) is 0 Å². The second-order valence-electron chi connectivity index (χ2n) is 7.06. The van der Waals surface area contributed by atoms with Gasteiger partial charge in [0.25, 0.3) is 0 Å². The fourth-order valence-electron chi connectivity index (χ4n) is 3.78. The average Bonchev–Trinajstić information content (AvgIpc) is 3.28. The summed E-state index contributed by atoms with van der Waals surface area (Å²) >= 11 is 0. The largest absolute Gasteiger partial charge is 0.494 e. The summed E-state index contributed by atoms with van der Waals surface area (Å²) in [6.07, 6.45) is 4.38. The number of hydrogen-bond acceptors (Lipinski definition) is 3. The average molecular weight is 349 g/mol. The normalized spacial score (nSPS) is 20.9. The number of carbonyl (C=O) groups excluding carboxylic acids is 1. The van der Waals surface area contributed by atoms with Gasteiger partial charge in [0.2, 0.25) is 0 Å². The Labute approximate surface area is 149 Å². The van der Waals surface area contributed by atoms with Gasteiger partial charge in [0, 0.05) is 26.2 Å². The van der Waals surface area contributed by atoms with Crippen molar-refractivity contribution in [3.63, 3.8) is 0 Å². The molecule has 0 aliphatic carbocycles. The van der Waals surface area contributed by atoms with Crippen molar-refractivity contribution in [1.29, 1.82) is 0 Å². The molecule has 0 bridgehead atoms. The number of nitrogens with one attached hydrogen (secondary N) is 1. The standard InChI is InChI=1S/C19H28FN3O2/c1-25-18-12-15(4-5-17(18)20)6-8-21-19(24)23-11-7-16(14-23)13-22-9-2-3-10-22/h4-5,12,16H,2-3,6-11,13-14H2,1H3,(H,21,24). The van der Waals surface area contributed by atoms with Crippen LogP contribution in [0.3, 0.4) is 0 Å². The van der Waals surface area contributed by atoms with Crippen LogP contribution >= 0.6 is 0 Å². The molecule has 0 aromatic heterocycles. The van der Waals surface area contributed by atoms with Crippen LogP contribution < -0.4 is 10.1 Å². The van der Waals surface area contributed by atoms with E-state index in [9.17, 15) is 9.18 Å². The van der Waals surface area contributed by atoms with Gasteiger partial charge in [-0.3, -0.25) is 0 Å². The van der Waals surface area contributed by atoms with Crippen LogP contribution in [0.1, 0.15) is 24.8 Å². The van der Waals surface area contributed by atoms with Gasteiger partial charge in [0.15, 0.2) is 11.6 Å². The summed E-state index contributed by atoms with van der Waals surface area (Å²) < 4.78 is 18.4. The molecule has 1 N–H and O–H groups in total. The summed E-state index contributed by atoms with van der Waals surface area (Å²) in [5.74, 6) is 0.481. The van der Waals surface area contributed by atoms with E-state index in [1.807, 2.05) is 4.90 Å². The van der Waals surface area contributed by atoms with Crippen LogP contribution in [0.4, 0.5) is 9.18 Å². The van der Waals surface area contributed by atoms with E-state index in [2.05, 4.69) is 10.2 Å². The Hall–Kier alpha value is -1.82. The number of methoxy groups -OCH3 is 1. The highest BCUT2D eigenvalue weighted by molar-refractivity contribution is 5.74. The van der Waals surface area contributed by atoms with Crippen molar-refractivity contribution in [2.75, 3.05) is 46.4 Å². The van der Waals surface area contributed by atoms with Gasteiger partial charge < -0.3 is 19.9 Å². The molecule has 1 aromatic carbocycles. The Balaban J connectivity index is 1.39. The molecule has 1 atom stereocenters. The molecule has 1 aromatic rings. The molecule has 3 rings (SSSR count). The van der Waals surface area contributed by atoms with Crippen molar-refractivity contribution in [2.45, 2.75) is 25.7 Å². The first-order valence-electron chi connectivity index (χ1n) is 9.23. The Morgan fingerprint density at radius 2 is 2.12 bits per heavy atom. The third-order valence-electron chi connectivity index (χ3n) is 5.19. The third kappa shape index (κ3) is 4.84. The highest BCUT2D eigenvalue weighted by atomic mass is 19.1. The fraction of sp³-hybridized carbons (Fsp3) is 0.632. The number of benzene rings is 1. The molecule has 25 heavy (non-hydrogen) atoms. The molecule has 6 heteroatoms. The van der Waals surface area contributed by atoms with Gasteiger partial charge in [0.05, 0.1) is 7.11 Å². The highest BCUT2D eigenvalue weighted by Crippen LogP contribution is 2.20. The van der Waals surface area contributed by atoms with Crippen LogP contribution in [-0.4, -0.2) is 62.2 Å². The van der Waals surface area contributed by atoms with Crippen molar-refractivity contribution in [1.82, 2.24) is 15.1 Å². The maximum atomic E-state index is 13.4. The number of nitrogens with zero attached hydrogens (tertiary/aromatic N) is 2. The summed E-state index contributed by atoms with van der Waals surface area (Å²) in [7, 11) is 1.45. The molecule has 0 spiro atoms. The molecule has 1 unspecified atom stereocenters. The minimum Gasteiger partial charge on any atom is -0.494 e. The lowest BCUT2D eigenvalue weighted by molar-refractivity contribution is 0.204. The molecular weight excluding hydrogens is 321 g/mol. The van der Waals surface area contributed by atoms with Gasteiger partial charge in [-0.1, -0.05) is 6.07 Å². The van der Waals surface area contributed by atoms with Crippen molar-refractivity contribution in [2.24, 2.45) is 5.92 Å². The SMILES string of the molecule is COc1cc(CCNC(=O)N2CCC(CN3CCCC3)C2)ccc1F. The molecular formula is C19H28FN3O2. The minimum atomic E-state index is -0.364. The number of likely N-dealkylation sites (tertiary alicyclic amines) is 2. The second kappa shape index (κ2) is 8.52. The predicted octanol–water partition coefficient (Wildman–Crippen LogP) is 2.50. The molecule has 2 amide bonds. The lowest BCUT2D eigenvalue weighted by Crippen LogP contribution is -2.40. The monoisotopic (exact) mass is 349 g/mol. The lowest BCUT2D eigenvalue weighted by Gasteiger charge is -2.21. The molecule has 2 fully saturated rings. The Morgan fingerprint density at radius 1 is 1.32 bits per heavy atom. The number of halogens is 1. The summed E-state index contributed by atoms with van der Waals surface area (Å²) in [4.78, 5) is 16.8. The number of amides is 2. The quantitative estimate of drug-likeness (QED) is 0.858. The van der Waals surface area contributed by atoms with Crippen molar-refractivity contribution in [3.8, 4) is 5.75 Å². The number of hydrogen-bond donors (Lipinski definition) is 1. The number of ether oxygens (including phenoxy) is 1. The van der Waals surface area contributed by atoms with E-state index in [4.69, 9.17) is 4.74 Å². The Bertz CT molecular complexity index is 590. The topological polar surface area (TPSA) is 44.8 Å². The molecule has 0 saturated carbocycles. The number of rotatable bonds is 6. The van der Waals surface area contributed by atoms with Crippen LogP contribution in [0.5, 0.6) is 5.75 Å². The van der Waals surface area contributed by atoms with Crippen LogP contribution in [0, 0.1) is 11.7 Å². The lowest BCUT2D eigenvalue weighted by atomic mass is 10.1. The van der Waals surface area contributed by atoms with E-state index in [0.717, 1.165) is 31.6 Å². The first kappa shape index (κ1) is 18.0. The zero-order valence-electron chi connectivity index (χ0n) is 15.0. The van der Waals surface area contributed by atoms with E-state index in [0.29, 0.717) is 18.9 Å². The molecule has 2 aliphatic rings. The molecule has 5 nitrogen and oxygen atoms in total. The van der Waals surface area contributed by atoms with Crippen LogP contribution in [-0.2, 0) is 6.42 Å². The van der Waals surface area contributed by atoms with Crippen LogP contribution in [0.15, 0.2) is 18.2 Å². The van der Waals surface area contributed by atoms with Gasteiger partial charge in [-0.05, 0) is 62.4 Å². The summed E-state index contributed by atoms with van der Waals surface area (Å²) in [6.45, 7) is 5.79. The summed E-state index contributed by atoms with van der Waals surface area (Å²) in [5, 5.41) is 2.98. The highest BCUT2D eigenvalue weighted by Gasteiger charge is 2.28. The van der Waals surface area contributed by atoms with Crippen molar-refractivity contribution in [3.05, 3.63) is 29.6 Å². The Kier molecular flexibility index (Phi) is 6.13. The maximum absolute atomic E-state index is 13.4. The zero-order chi connectivity index (χ0) is 17.6. The number of carbonyl (C=O) groups is 1. The van der Waals surface area contributed by atoms with Gasteiger partial charge in [-0.15, -0.1) is 0 Å². The van der Waals surface area contributed by atoms with Crippen LogP contribution in [0.2, 0.25) is 0 Å². The zero-order valence-corrected chi connectivity index (χ0v) is 15.0. The summed E-state index contributed by atoms with van der Waals surface area (Å²) in [6, 6.07) is 4.83. The van der Waals surface area contributed by atoms with E-state index < -0.39 is 0 Å². The minimum absolute atomic E-state index is 0.0120. The summed E-state index contributed by atoms with van der Waals surface area (Å²) in [5.41, 5.74) is 0.951. The first-order valence-corrected chi connectivity index (χ1v) is 9.23. The van der Waals surface area contributed by atoms with Crippen molar-refractivity contribution < 1.29 is 13.9 Å². The van der Waals surface area contributed by atoms with E-state index in [1.54, 1.807) is 12.1 Å². The van der Waals surface area contributed by atoms with Gasteiger partial charge in [0.1, 0.15) is 0 Å².